The van der Waals surface area contributed by atoms with Gasteiger partial charge in [0.1, 0.15) is 29.4 Å². The van der Waals surface area contributed by atoms with E-state index < -0.39 is 51.8 Å². The third kappa shape index (κ3) is 25.6. The number of aliphatic hydroxyl groups excluding tert-OH is 1. The molecular weight excluding hydrogens is 1260 g/mol. The lowest BCUT2D eigenvalue weighted by molar-refractivity contribution is -0.320. The summed E-state index contributed by atoms with van der Waals surface area (Å²) in [7, 11) is 1.55. The molecule has 1 N–H and O–H groups in total. The Morgan fingerprint density at radius 1 is 0.530 bits per heavy atom. The fraction of sp³-hybridized carbons (Fsp3) is 0.675. The monoisotopic (exact) mass is 1390 g/mol. The van der Waals surface area contributed by atoms with E-state index >= 15 is 0 Å². The molecule has 0 radical (unpaired) electrons. The number of carbonyl (C=O) groups excluding carboxylic acids is 5. The molecule has 2 aromatic heterocycles. The van der Waals surface area contributed by atoms with E-state index in [4.69, 9.17) is 33.7 Å². The number of ketones is 2. The minimum Gasteiger partial charge on any atom is -0.465 e. The summed E-state index contributed by atoms with van der Waals surface area (Å²) in [6.07, 6.45) is 15.9. The average molecular weight is 1390 g/mol. The molecule has 2 aliphatic heterocycles. The number of piperidine rings is 2. The topological polar surface area (TPSA) is 202 Å². The molecule has 560 valence electrons. The Balaban J connectivity index is 0.000000414. The Kier molecular flexibility index (Phi) is 35.9. The first-order chi connectivity index (χ1) is 47.3. The van der Waals surface area contributed by atoms with E-state index in [2.05, 4.69) is 132 Å². The van der Waals surface area contributed by atoms with Gasteiger partial charge < -0.3 is 28.8 Å². The second-order valence-corrected chi connectivity index (χ2v) is 30.7. The summed E-state index contributed by atoms with van der Waals surface area (Å²) in [6, 6.07) is 28.2. The molecule has 0 saturated carbocycles. The van der Waals surface area contributed by atoms with E-state index in [0.29, 0.717) is 77.8 Å². The van der Waals surface area contributed by atoms with Gasteiger partial charge in [0.25, 0.3) is 0 Å². The minimum atomic E-state index is -0.827. The zero-order valence-corrected chi connectivity index (χ0v) is 65.1. The van der Waals surface area contributed by atoms with Crippen molar-refractivity contribution < 1.29 is 62.4 Å². The lowest BCUT2D eigenvalue weighted by Gasteiger charge is -2.56. The van der Waals surface area contributed by atoms with Crippen LogP contribution in [0.15, 0.2) is 110 Å². The fourth-order valence-corrected chi connectivity index (χ4v) is 13.7. The third-order valence-corrected chi connectivity index (χ3v) is 21.4. The number of Topliss-reactive ketones (excluding diaryl/α,β-unsaturated/α-hetero) is 2. The maximum atomic E-state index is 14.7. The maximum absolute atomic E-state index is 14.7. The van der Waals surface area contributed by atoms with Gasteiger partial charge in [-0.1, -0.05) is 143 Å². The lowest BCUT2D eigenvalue weighted by Crippen LogP contribution is -2.66. The van der Waals surface area contributed by atoms with Crippen LogP contribution in [0.25, 0.3) is 0 Å². The number of ether oxygens (including phenoxy) is 5. The third-order valence-electron chi connectivity index (χ3n) is 21.4. The van der Waals surface area contributed by atoms with E-state index in [1.54, 1.807) is 31.9 Å². The normalized spacial score (nSPS) is 23.4. The highest BCUT2D eigenvalue weighted by Gasteiger charge is 2.56. The number of aromatic nitrogens is 2. The van der Waals surface area contributed by atoms with Crippen molar-refractivity contribution in [1.82, 2.24) is 20.1 Å². The van der Waals surface area contributed by atoms with Crippen LogP contribution >= 0.6 is 0 Å². The van der Waals surface area contributed by atoms with Crippen LogP contribution in [0, 0.1) is 29.6 Å². The van der Waals surface area contributed by atoms with Gasteiger partial charge in [-0.05, 0) is 191 Å². The Hall–Kier alpha value is -5.79. The Labute approximate surface area is 602 Å². The van der Waals surface area contributed by atoms with Crippen molar-refractivity contribution in [3.8, 4) is 0 Å². The quantitative estimate of drug-likeness (QED) is 0.0253. The number of esters is 3. The SMILES string of the molecule is CCCCOC(=O)C(CC(C)c1ccccc1)CC(ON1C(C)(CC)CC(=O)C(C)C1(C)CC)c1ccncc1.CCCCOC(=O)C(CC(CC(ON1C(C)(CC)CC(=O)C(C)C1(C)CC)c1ccncc1)C(=O)OC(C)(C)CCOC(C)(C)C)CC(C)c1ccccc1.COCCO. The van der Waals surface area contributed by atoms with E-state index in [1.807, 2.05) is 109 Å². The van der Waals surface area contributed by atoms with Crippen molar-refractivity contribution >= 4 is 29.5 Å². The number of rotatable bonds is 37. The number of nitrogens with zero attached hydrogens (tertiary/aromatic N) is 4. The summed E-state index contributed by atoms with van der Waals surface area (Å²) >= 11 is 0. The van der Waals surface area contributed by atoms with Gasteiger partial charge in [0.15, 0.2) is 0 Å². The number of benzene rings is 2. The molecular formula is C83H130N4O13. The van der Waals surface area contributed by atoms with Crippen LogP contribution in [0.3, 0.4) is 0 Å². The van der Waals surface area contributed by atoms with Crippen molar-refractivity contribution in [2.45, 2.75) is 292 Å². The largest absolute Gasteiger partial charge is 0.465 e. The molecule has 0 bridgehead atoms. The van der Waals surface area contributed by atoms with Gasteiger partial charge in [0.05, 0.1) is 78.5 Å². The molecule has 0 spiro atoms. The molecule has 6 rings (SSSR count). The predicted molar refractivity (Wildman–Crippen MR) is 397 cm³/mol. The minimum absolute atomic E-state index is 0.0442. The highest BCUT2D eigenvalue weighted by atomic mass is 16.7. The molecule has 13 unspecified atom stereocenters. The van der Waals surface area contributed by atoms with Crippen LogP contribution in [0.4, 0.5) is 0 Å². The number of hydroxylamine groups is 4. The molecule has 2 saturated heterocycles. The fourth-order valence-electron chi connectivity index (χ4n) is 13.7. The number of hydrogen-bond acceptors (Lipinski definition) is 17. The number of hydrogen-bond donors (Lipinski definition) is 1. The summed E-state index contributed by atoms with van der Waals surface area (Å²) in [5, 5.41) is 12.1. The molecule has 17 nitrogen and oxygen atoms in total. The highest BCUT2D eigenvalue weighted by Crippen LogP contribution is 2.49. The van der Waals surface area contributed by atoms with Crippen molar-refractivity contribution in [1.29, 1.82) is 0 Å². The summed E-state index contributed by atoms with van der Waals surface area (Å²) in [4.78, 5) is 91.6. The lowest BCUT2D eigenvalue weighted by atomic mass is 9.70. The molecule has 2 aromatic carbocycles. The standard InChI is InChI=1S/C46H72N2O7.C34H50N2O4.C3H8O2/c1-13-16-27-52-41(50)37(29-33(4)35-20-18-17-19-21-35)30-38(42(51)54-44(9,10)24-28-53-43(6,7)8)31-40(36-22-25-47-26-23-36)55-48-45(11,14-2)32-39(49)34(5)46(48,12)15-3;1-8-11-21-39-32(38)29(22-25(4)27-15-13-12-14-16-27)23-31(28-17-19-35-20-18-28)40-36-33(6,9-2)24-30(37)26(5)34(36,7)10-3;1-5-3-2-4/h17-23,25-26,33-34,37-38,40H,13-16,24,27-32H2,1-12H3;12-20,25-26,29,31H,8-11,21-24H2,1-7H3;4H,2-3H2,1H3. The van der Waals surface area contributed by atoms with Gasteiger partial charge in [-0.2, -0.15) is 10.1 Å². The Morgan fingerprint density at radius 2 is 0.910 bits per heavy atom. The number of carbonyl (C=O) groups is 5. The van der Waals surface area contributed by atoms with Crippen molar-refractivity contribution in [2.24, 2.45) is 29.6 Å². The molecule has 2 fully saturated rings. The first-order valence-corrected chi connectivity index (χ1v) is 37.5. The highest BCUT2D eigenvalue weighted by molar-refractivity contribution is 5.85. The smallest absolute Gasteiger partial charge is 0.309 e. The maximum Gasteiger partial charge on any atom is 0.309 e. The molecule has 2 aliphatic rings. The molecule has 100 heavy (non-hydrogen) atoms. The van der Waals surface area contributed by atoms with Gasteiger partial charge in [-0.25, -0.2) is 0 Å². The van der Waals surface area contributed by atoms with Gasteiger partial charge >= 0.3 is 17.9 Å². The van der Waals surface area contributed by atoms with Gasteiger partial charge in [-0.3, -0.25) is 43.6 Å². The molecule has 17 heteroatoms. The molecule has 0 aliphatic carbocycles. The molecule has 4 heterocycles. The number of unbranched alkanes of at least 4 members (excludes halogenated alkanes) is 2. The summed E-state index contributed by atoms with van der Waals surface area (Å²) in [5.74, 6) is -2.19. The number of aliphatic hydroxyl groups is 1. The zero-order chi connectivity index (χ0) is 74.5. The number of methoxy groups -OCH3 is 1. The Bertz CT molecular complexity index is 3020. The van der Waals surface area contributed by atoms with Crippen LogP contribution in [0.1, 0.15) is 281 Å². The second kappa shape index (κ2) is 41.5. The van der Waals surface area contributed by atoms with Crippen LogP contribution in [-0.2, 0) is 57.3 Å². The van der Waals surface area contributed by atoms with E-state index in [1.165, 1.54) is 5.56 Å². The van der Waals surface area contributed by atoms with E-state index in [0.717, 1.165) is 55.2 Å². The van der Waals surface area contributed by atoms with E-state index in [-0.39, 0.29) is 84.1 Å². The summed E-state index contributed by atoms with van der Waals surface area (Å²) in [6.45, 7) is 40.9. The molecule has 4 aromatic rings. The number of pyridine rings is 2. The summed E-state index contributed by atoms with van der Waals surface area (Å²) in [5.41, 5.74) is 0.916. The van der Waals surface area contributed by atoms with Gasteiger partial charge in [0, 0.05) is 63.0 Å². The van der Waals surface area contributed by atoms with Gasteiger partial charge in [0.2, 0.25) is 0 Å². The van der Waals surface area contributed by atoms with Crippen LogP contribution < -0.4 is 0 Å². The van der Waals surface area contributed by atoms with Crippen molar-refractivity contribution in [3.05, 3.63) is 132 Å². The molecule has 13 atom stereocenters. The molecule has 0 amide bonds. The first kappa shape index (κ1) is 86.6. The predicted octanol–water partition coefficient (Wildman–Crippen LogP) is 17.9. The van der Waals surface area contributed by atoms with E-state index in [9.17, 15) is 24.0 Å². The van der Waals surface area contributed by atoms with Crippen LogP contribution in [0.2, 0.25) is 0 Å². The average Bonchev–Trinajstić information content (AvgIpc) is 0.748. The second-order valence-electron chi connectivity index (χ2n) is 30.7. The Morgan fingerprint density at radius 3 is 1.24 bits per heavy atom. The van der Waals surface area contributed by atoms with Crippen LogP contribution in [-0.4, -0.2) is 128 Å². The van der Waals surface area contributed by atoms with Crippen molar-refractivity contribution in [2.75, 3.05) is 40.1 Å². The first-order valence-electron chi connectivity index (χ1n) is 37.5. The van der Waals surface area contributed by atoms with Gasteiger partial charge in [-0.15, -0.1) is 0 Å². The zero-order valence-electron chi connectivity index (χ0n) is 65.1. The van der Waals surface area contributed by atoms with Crippen LogP contribution in [0.5, 0.6) is 0 Å². The van der Waals surface area contributed by atoms with Crippen molar-refractivity contribution in [3.63, 3.8) is 0 Å². The summed E-state index contributed by atoms with van der Waals surface area (Å²) < 4.78 is 28.5.